The predicted molar refractivity (Wildman–Crippen MR) is 76.4 cm³/mol. The average Bonchev–Trinajstić information content (AvgIpc) is 3.11. The lowest BCUT2D eigenvalue weighted by Gasteiger charge is -2.19. The third kappa shape index (κ3) is 2.65. The number of likely N-dealkylation sites (tertiary alicyclic amines) is 1. The molecule has 2 aromatic rings. The number of nitrogens with one attached hydrogen (secondary N) is 1. The lowest BCUT2D eigenvalue weighted by atomic mass is 10.1. The molecular formula is C15H15N3O3. The zero-order valence-electron chi connectivity index (χ0n) is 11.6. The highest BCUT2D eigenvalue weighted by molar-refractivity contribution is 5.99. The highest BCUT2D eigenvalue weighted by atomic mass is 16.3. The monoisotopic (exact) mass is 285 g/mol. The normalized spacial score (nSPS) is 18.0. The van der Waals surface area contributed by atoms with Crippen LogP contribution < -0.4 is 5.32 Å². The predicted octanol–water partition coefficient (Wildman–Crippen LogP) is 1.90. The summed E-state index contributed by atoms with van der Waals surface area (Å²) in [6.07, 6.45) is 3.96. The molecule has 3 rings (SSSR count). The fraction of sp³-hybridized carbons (Fsp3) is 0.267. The van der Waals surface area contributed by atoms with Gasteiger partial charge in [0.25, 0.3) is 0 Å². The van der Waals surface area contributed by atoms with Gasteiger partial charge in [0.05, 0.1) is 6.20 Å². The molecule has 6 nitrogen and oxygen atoms in total. The molecular weight excluding hydrogens is 270 g/mol. The molecule has 6 heteroatoms. The average molecular weight is 285 g/mol. The van der Waals surface area contributed by atoms with Gasteiger partial charge in [-0.3, -0.25) is 9.59 Å². The Balaban J connectivity index is 1.75. The Morgan fingerprint density at radius 1 is 1.48 bits per heavy atom. The van der Waals surface area contributed by atoms with Crippen LogP contribution in [0.2, 0.25) is 0 Å². The van der Waals surface area contributed by atoms with Crippen molar-refractivity contribution in [3.63, 3.8) is 0 Å². The van der Waals surface area contributed by atoms with Crippen molar-refractivity contribution in [2.45, 2.75) is 18.9 Å². The van der Waals surface area contributed by atoms with E-state index in [1.807, 2.05) is 18.2 Å². The lowest BCUT2D eigenvalue weighted by molar-refractivity contribution is -0.131. The molecule has 0 radical (unpaired) electrons. The molecule has 1 aromatic carbocycles. The van der Waals surface area contributed by atoms with Gasteiger partial charge in [0.15, 0.2) is 12.2 Å². The molecule has 2 amide bonds. The Kier molecular flexibility index (Phi) is 3.43. The molecule has 1 aromatic heterocycles. The van der Waals surface area contributed by atoms with Crippen molar-refractivity contribution in [1.82, 2.24) is 9.88 Å². The zero-order chi connectivity index (χ0) is 14.8. The summed E-state index contributed by atoms with van der Waals surface area (Å²) in [5.41, 5.74) is 1.50. The maximum atomic E-state index is 12.2. The van der Waals surface area contributed by atoms with E-state index in [4.69, 9.17) is 4.42 Å². The maximum Gasteiger partial charge on any atom is 0.247 e. The van der Waals surface area contributed by atoms with Crippen molar-refractivity contribution in [1.29, 1.82) is 0 Å². The van der Waals surface area contributed by atoms with Crippen LogP contribution in [0, 0.1) is 0 Å². The minimum absolute atomic E-state index is 0.00515. The molecule has 21 heavy (non-hydrogen) atoms. The van der Waals surface area contributed by atoms with E-state index < -0.39 is 6.04 Å². The SMILES string of the molecule is CN1C(=O)CCC1C(=O)Nc1cccc(-c2cnco2)c1. The van der Waals surface area contributed by atoms with Gasteiger partial charge in [-0.25, -0.2) is 4.98 Å². The van der Waals surface area contributed by atoms with Crippen molar-refractivity contribution < 1.29 is 14.0 Å². The molecule has 0 saturated carbocycles. The Bertz CT molecular complexity index is 667. The van der Waals surface area contributed by atoms with Gasteiger partial charge in [-0.2, -0.15) is 0 Å². The molecule has 1 aliphatic rings. The molecule has 1 unspecified atom stereocenters. The second kappa shape index (κ2) is 5.40. The summed E-state index contributed by atoms with van der Waals surface area (Å²) in [7, 11) is 1.66. The molecule has 108 valence electrons. The first kappa shape index (κ1) is 13.4. The van der Waals surface area contributed by atoms with Gasteiger partial charge in [-0.05, 0) is 18.6 Å². The van der Waals surface area contributed by atoms with Gasteiger partial charge in [0.1, 0.15) is 6.04 Å². The largest absolute Gasteiger partial charge is 0.444 e. The number of amides is 2. The molecule has 1 saturated heterocycles. The van der Waals surface area contributed by atoms with Crippen LogP contribution in [0.1, 0.15) is 12.8 Å². The Hall–Kier alpha value is -2.63. The number of benzene rings is 1. The van der Waals surface area contributed by atoms with Crippen LogP contribution in [-0.2, 0) is 9.59 Å². The fourth-order valence-electron chi connectivity index (χ4n) is 2.45. The summed E-state index contributed by atoms with van der Waals surface area (Å²) in [5.74, 6) is 0.475. The number of aromatic nitrogens is 1. The smallest absolute Gasteiger partial charge is 0.247 e. The molecule has 1 fully saturated rings. The number of carbonyl (C=O) groups excluding carboxylic acids is 2. The number of hydrogen-bond donors (Lipinski definition) is 1. The zero-order valence-corrected chi connectivity index (χ0v) is 11.6. The minimum Gasteiger partial charge on any atom is -0.444 e. The van der Waals surface area contributed by atoms with Crippen molar-refractivity contribution in [2.75, 3.05) is 12.4 Å². The first-order valence-electron chi connectivity index (χ1n) is 6.70. The number of rotatable bonds is 3. The van der Waals surface area contributed by atoms with Crippen molar-refractivity contribution in [3.8, 4) is 11.3 Å². The van der Waals surface area contributed by atoms with Gasteiger partial charge in [0.2, 0.25) is 11.8 Å². The highest BCUT2D eigenvalue weighted by Gasteiger charge is 2.33. The maximum absolute atomic E-state index is 12.2. The lowest BCUT2D eigenvalue weighted by Crippen LogP contribution is -2.38. The van der Waals surface area contributed by atoms with Gasteiger partial charge < -0.3 is 14.6 Å². The number of anilines is 1. The Labute approximate surface area is 121 Å². The van der Waals surface area contributed by atoms with Crippen molar-refractivity contribution in [2.24, 2.45) is 0 Å². The van der Waals surface area contributed by atoms with Crippen molar-refractivity contribution in [3.05, 3.63) is 36.9 Å². The standard InChI is InChI=1S/C15H15N3O3/c1-18-12(5-6-14(18)19)15(20)17-11-4-2-3-10(7-11)13-8-16-9-21-13/h2-4,7-9,12H,5-6H2,1H3,(H,17,20). The van der Waals surface area contributed by atoms with E-state index in [0.29, 0.717) is 24.3 Å². The van der Waals surface area contributed by atoms with E-state index in [1.165, 1.54) is 11.3 Å². The molecule has 0 aliphatic carbocycles. The van der Waals surface area contributed by atoms with Gasteiger partial charge in [-0.1, -0.05) is 12.1 Å². The van der Waals surface area contributed by atoms with Crippen LogP contribution in [0.15, 0.2) is 41.3 Å². The van der Waals surface area contributed by atoms with Gasteiger partial charge in [0, 0.05) is 24.7 Å². The van der Waals surface area contributed by atoms with E-state index in [9.17, 15) is 9.59 Å². The number of hydrogen-bond acceptors (Lipinski definition) is 4. The quantitative estimate of drug-likeness (QED) is 0.934. The number of carbonyl (C=O) groups is 2. The molecule has 2 heterocycles. The molecule has 1 aliphatic heterocycles. The molecule has 0 bridgehead atoms. The second-order valence-corrected chi connectivity index (χ2v) is 4.99. The summed E-state index contributed by atoms with van der Waals surface area (Å²) < 4.78 is 5.23. The summed E-state index contributed by atoms with van der Waals surface area (Å²) in [6.45, 7) is 0. The number of oxazole rings is 1. The number of likely N-dealkylation sites (N-methyl/N-ethyl adjacent to an activating group) is 1. The first-order valence-corrected chi connectivity index (χ1v) is 6.70. The van der Waals surface area contributed by atoms with Crippen LogP contribution in [0.25, 0.3) is 11.3 Å². The summed E-state index contributed by atoms with van der Waals surface area (Å²) in [6, 6.07) is 6.92. The Morgan fingerprint density at radius 2 is 2.33 bits per heavy atom. The van der Waals surface area contributed by atoms with Crippen LogP contribution in [0.5, 0.6) is 0 Å². The van der Waals surface area contributed by atoms with Crippen LogP contribution in [0.4, 0.5) is 5.69 Å². The fourth-order valence-corrected chi connectivity index (χ4v) is 2.45. The Morgan fingerprint density at radius 3 is 3.00 bits per heavy atom. The van der Waals surface area contributed by atoms with Crippen LogP contribution in [0.3, 0.4) is 0 Å². The van der Waals surface area contributed by atoms with Crippen LogP contribution >= 0.6 is 0 Å². The van der Waals surface area contributed by atoms with E-state index >= 15 is 0 Å². The van der Waals surface area contributed by atoms with Crippen molar-refractivity contribution >= 4 is 17.5 Å². The second-order valence-electron chi connectivity index (χ2n) is 4.99. The summed E-state index contributed by atoms with van der Waals surface area (Å²) in [5, 5.41) is 2.84. The molecule has 0 spiro atoms. The number of nitrogens with zero attached hydrogens (tertiary/aromatic N) is 2. The highest BCUT2D eigenvalue weighted by Crippen LogP contribution is 2.23. The van der Waals surface area contributed by atoms with Gasteiger partial charge in [-0.15, -0.1) is 0 Å². The molecule has 1 N–H and O–H groups in total. The summed E-state index contributed by atoms with van der Waals surface area (Å²) >= 11 is 0. The molecule has 1 atom stereocenters. The van der Waals surface area contributed by atoms with E-state index in [-0.39, 0.29) is 11.8 Å². The first-order chi connectivity index (χ1) is 10.1. The summed E-state index contributed by atoms with van der Waals surface area (Å²) in [4.78, 5) is 29.1. The van der Waals surface area contributed by atoms with E-state index in [2.05, 4.69) is 10.3 Å². The van der Waals surface area contributed by atoms with E-state index in [0.717, 1.165) is 5.56 Å². The minimum atomic E-state index is -0.397. The van der Waals surface area contributed by atoms with E-state index in [1.54, 1.807) is 19.3 Å². The van der Waals surface area contributed by atoms with Crippen LogP contribution in [-0.4, -0.2) is 34.8 Å². The van der Waals surface area contributed by atoms with Gasteiger partial charge >= 0.3 is 0 Å². The third-order valence-electron chi connectivity index (χ3n) is 3.64. The third-order valence-corrected chi connectivity index (χ3v) is 3.64. The topological polar surface area (TPSA) is 75.4 Å².